The van der Waals surface area contributed by atoms with Crippen LogP contribution in [0.3, 0.4) is 0 Å². The Morgan fingerprint density at radius 3 is 2.69 bits per heavy atom. The second-order valence-corrected chi connectivity index (χ2v) is 8.03. The number of nitrogens with zero attached hydrogens (tertiary/aromatic N) is 2. The van der Waals surface area contributed by atoms with Crippen molar-refractivity contribution in [2.45, 2.75) is 19.1 Å². The lowest BCUT2D eigenvalue weighted by atomic mass is 10.0. The number of carbonyl (C=O) groups is 1. The molecule has 0 unspecified atom stereocenters. The molecule has 26 heavy (non-hydrogen) atoms. The molecule has 1 aromatic carbocycles. The van der Waals surface area contributed by atoms with Crippen LogP contribution in [0.5, 0.6) is 0 Å². The molecule has 0 fully saturated rings. The Hall–Kier alpha value is -2.88. The van der Waals surface area contributed by atoms with Crippen LogP contribution in [-0.4, -0.2) is 34.4 Å². The minimum absolute atomic E-state index is 0.0257. The van der Waals surface area contributed by atoms with Gasteiger partial charge in [-0.2, -0.15) is 0 Å². The number of nitrogens with one attached hydrogen (secondary N) is 2. The van der Waals surface area contributed by atoms with Gasteiger partial charge in [-0.15, -0.1) is 0 Å². The van der Waals surface area contributed by atoms with Crippen molar-refractivity contribution < 1.29 is 22.0 Å². The van der Waals surface area contributed by atoms with Crippen molar-refractivity contribution in [2.24, 2.45) is 0 Å². The van der Waals surface area contributed by atoms with Gasteiger partial charge in [0.25, 0.3) is 0 Å². The van der Waals surface area contributed by atoms with Crippen LogP contribution < -0.4 is 4.72 Å². The van der Waals surface area contributed by atoms with Crippen LogP contribution in [0.15, 0.2) is 30.9 Å². The number of aromatic nitrogens is 3. The van der Waals surface area contributed by atoms with Gasteiger partial charge in [-0.25, -0.2) is 27.2 Å². The summed E-state index contributed by atoms with van der Waals surface area (Å²) in [6, 6.07) is 1.76. The minimum atomic E-state index is -3.87. The summed E-state index contributed by atoms with van der Waals surface area (Å²) in [6.45, 7) is 2.81. The molecule has 0 aliphatic carbocycles. The quantitative estimate of drug-likeness (QED) is 0.662. The second kappa shape index (κ2) is 6.45. The summed E-state index contributed by atoms with van der Waals surface area (Å²) in [5, 5.41) is -0.540. The highest BCUT2D eigenvalue weighted by Crippen LogP contribution is 2.27. The predicted octanol–water partition coefficient (Wildman–Crippen LogP) is 2.62. The summed E-state index contributed by atoms with van der Waals surface area (Å²) in [7, 11) is -3.87. The van der Waals surface area contributed by atoms with Crippen LogP contribution in [0.1, 0.15) is 29.8 Å². The van der Waals surface area contributed by atoms with Crippen LogP contribution in [0.2, 0.25) is 0 Å². The summed E-state index contributed by atoms with van der Waals surface area (Å²) < 4.78 is 54.8. The number of hydrogen-bond acceptors (Lipinski definition) is 5. The lowest BCUT2D eigenvalue weighted by Crippen LogP contribution is -2.23. The number of H-pyrrole nitrogens is 1. The zero-order valence-corrected chi connectivity index (χ0v) is 14.6. The summed E-state index contributed by atoms with van der Waals surface area (Å²) in [6.07, 6.45) is 3.87. The largest absolute Gasteiger partial charge is 0.345 e. The number of anilines is 1. The summed E-state index contributed by atoms with van der Waals surface area (Å²) in [5.74, 6) is -3.34. The fourth-order valence-electron chi connectivity index (χ4n) is 2.29. The Bertz CT molecular complexity index is 1110. The number of hydrogen-bond donors (Lipinski definition) is 2. The smallest absolute Gasteiger partial charge is 0.235 e. The molecule has 0 aliphatic heterocycles. The van der Waals surface area contributed by atoms with E-state index in [4.69, 9.17) is 0 Å². The predicted molar refractivity (Wildman–Crippen MR) is 91.4 cm³/mol. The molecule has 3 aromatic rings. The molecule has 7 nitrogen and oxygen atoms in total. The zero-order chi connectivity index (χ0) is 19.1. The second-order valence-electron chi connectivity index (χ2n) is 5.80. The van der Waals surface area contributed by atoms with E-state index in [9.17, 15) is 22.0 Å². The average Bonchev–Trinajstić information content (AvgIpc) is 3.01. The van der Waals surface area contributed by atoms with Crippen molar-refractivity contribution in [2.75, 3.05) is 4.72 Å². The number of benzene rings is 1. The van der Waals surface area contributed by atoms with Crippen LogP contribution in [0, 0.1) is 11.6 Å². The molecule has 3 rings (SSSR count). The van der Waals surface area contributed by atoms with E-state index in [2.05, 4.69) is 15.0 Å². The Morgan fingerprint density at radius 2 is 2.00 bits per heavy atom. The Kier molecular flexibility index (Phi) is 4.45. The average molecular weight is 380 g/mol. The molecular formula is C16H14F2N4O3S. The van der Waals surface area contributed by atoms with E-state index in [-0.39, 0.29) is 5.56 Å². The monoisotopic (exact) mass is 380 g/mol. The molecule has 0 spiro atoms. The van der Waals surface area contributed by atoms with Gasteiger partial charge in [-0.05, 0) is 26.0 Å². The molecule has 0 bridgehead atoms. The molecule has 0 saturated heterocycles. The molecule has 136 valence electrons. The van der Waals surface area contributed by atoms with E-state index in [0.29, 0.717) is 11.0 Å². The van der Waals surface area contributed by atoms with Gasteiger partial charge in [0.2, 0.25) is 15.8 Å². The van der Waals surface area contributed by atoms with Gasteiger partial charge in [-0.3, -0.25) is 9.52 Å². The maximum Gasteiger partial charge on any atom is 0.235 e. The molecule has 0 aliphatic rings. The fourth-order valence-corrected chi connectivity index (χ4v) is 2.99. The molecule has 0 atom stereocenters. The van der Waals surface area contributed by atoms with Crippen molar-refractivity contribution in [3.8, 4) is 0 Å². The van der Waals surface area contributed by atoms with E-state index < -0.39 is 43.9 Å². The van der Waals surface area contributed by atoms with Gasteiger partial charge < -0.3 is 4.98 Å². The van der Waals surface area contributed by atoms with Crippen LogP contribution >= 0.6 is 0 Å². The SMILES string of the molecule is CC(C)S(=O)(=O)Nc1ccc(F)c(C(=O)c2c[nH]c3ncncc23)c1F. The Morgan fingerprint density at radius 1 is 1.27 bits per heavy atom. The molecule has 0 amide bonds. The maximum absolute atomic E-state index is 14.7. The van der Waals surface area contributed by atoms with Crippen LogP contribution in [0.4, 0.5) is 14.5 Å². The van der Waals surface area contributed by atoms with Crippen molar-refractivity contribution >= 4 is 32.5 Å². The normalized spacial score (nSPS) is 11.9. The molecule has 0 radical (unpaired) electrons. The van der Waals surface area contributed by atoms with Crippen molar-refractivity contribution in [1.29, 1.82) is 0 Å². The van der Waals surface area contributed by atoms with Crippen molar-refractivity contribution in [1.82, 2.24) is 15.0 Å². The lowest BCUT2D eigenvalue weighted by Gasteiger charge is -2.13. The number of aromatic amines is 1. The zero-order valence-electron chi connectivity index (χ0n) is 13.7. The third-order valence-electron chi connectivity index (χ3n) is 3.79. The van der Waals surface area contributed by atoms with Crippen LogP contribution in [-0.2, 0) is 10.0 Å². The lowest BCUT2D eigenvalue weighted by molar-refractivity contribution is 0.103. The minimum Gasteiger partial charge on any atom is -0.345 e. The van der Waals surface area contributed by atoms with E-state index in [1.54, 1.807) is 0 Å². The molecule has 0 saturated carbocycles. The first-order valence-corrected chi connectivity index (χ1v) is 9.08. The first-order valence-electron chi connectivity index (χ1n) is 7.53. The number of rotatable bonds is 5. The van der Waals surface area contributed by atoms with Crippen LogP contribution in [0.25, 0.3) is 11.0 Å². The van der Waals surface area contributed by atoms with Gasteiger partial charge in [-0.1, -0.05) is 0 Å². The molecule has 2 heterocycles. The molecular weight excluding hydrogens is 366 g/mol. The molecule has 2 aromatic heterocycles. The van der Waals surface area contributed by atoms with Gasteiger partial charge in [0, 0.05) is 17.8 Å². The van der Waals surface area contributed by atoms with E-state index in [0.717, 1.165) is 12.1 Å². The number of ketones is 1. The van der Waals surface area contributed by atoms with Crippen molar-refractivity contribution in [3.63, 3.8) is 0 Å². The molecule has 2 N–H and O–H groups in total. The van der Waals surface area contributed by atoms with Gasteiger partial charge in [0.05, 0.1) is 22.1 Å². The number of fused-ring (bicyclic) bond motifs is 1. The topological polar surface area (TPSA) is 105 Å². The Labute approximate surface area is 147 Å². The number of carbonyl (C=O) groups excluding carboxylic acids is 1. The van der Waals surface area contributed by atoms with Gasteiger partial charge in [0.15, 0.2) is 5.82 Å². The fraction of sp³-hybridized carbons (Fsp3) is 0.188. The van der Waals surface area contributed by atoms with E-state index in [1.165, 1.54) is 32.6 Å². The first-order chi connectivity index (χ1) is 12.2. The third kappa shape index (κ3) is 3.03. The summed E-state index contributed by atoms with van der Waals surface area (Å²) in [5.41, 5.74) is -1.05. The highest BCUT2D eigenvalue weighted by atomic mass is 32.2. The Balaban J connectivity index is 2.10. The number of sulfonamides is 1. The number of halogens is 2. The van der Waals surface area contributed by atoms with E-state index in [1.807, 2.05) is 4.72 Å². The maximum atomic E-state index is 14.7. The summed E-state index contributed by atoms with van der Waals surface area (Å²) >= 11 is 0. The molecule has 10 heteroatoms. The highest BCUT2D eigenvalue weighted by molar-refractivity contribution is 7.93. The standard InChI is InChI=1S/C16H14F2N4O3S/c1-8(2)26(24,25)22-12-4-3-11(17)13(14(12)18)15(23)9-6-20-16-10(9)5-19-7-21-16/h3-8,22H,1-2H3,(H,19,20,21). The van der Waals surface area contributed by atoms with Gasteiger partial charge in [0.1, 0.15) is 17.8 Å². The third-order valence-corrected chi connectivity index (χ3v) is 5.54. The first kappa shape index (κ1) is 17.9. The van der Waals surface area contributed by atoms with Gasteiger partial charge >= 0.3 is 0 Å². The van der Waals surface area contributed by atoms with Crippen molar-refractivity contribution in [3.05, 3.63) is 53.6 Å². The highest BCUT2D eigenvalue weighted by Gasteiger charge is 2.26. The summed E-state index contributed by atoms with van der Waals surface area (Å²) in [4.78, 5) is 23.1. The van der Waals surface area contributed by atoms with E-state index >= 15 is 0 Å².